The maximum atomic E-state index is 4.65. The third kappa shape index (κ3) is 2.86. The van der Waals surface area contributed by atoms with Crippen molar-refractivity contribution in [2.45, 2.75) is 25.8 Å². The number of hydrogen-bond donors (Lipinski definition) is 1. The van der Waals surface area contributed by atoms with E-state index in [0.29, 0.717) is 0 Å². The molecule has 0 bridgehead atoms. The van der Waals surface area contributed by atoms with E-state index in [1.807, 2.05) is 24.0 Å². The Morgan fingerprint density at radius 2 is 2.20 bits per heavy atom. The van der Waals surface area contributed by atoms with Gasteiger partial charge in [0.15, 0.2) is 4.96 Å². The van der Waals surface area contributed by atoms with Gasteiger partial charge in [0.05, 0.1) is 5.69 Å². The molecule has 3 aromatic rings. The molecule has 0 fully saturated rings. The number of imidazole rings is 1. The predicted molar refractivity (Wildman–Crippen MR) is 79.8 cm³/mol. The van der Waals surface area contributed by atoms with Crippen LogP contribution in [0.1, 0.15) is 30.6 Å². The smallest absolute Gasteiger partial charge is 0.193 e. The Balaban J connectivity index is 1.80. The summed E-state index contributed by atoms with van der Waals surface area (Å²) in [7, 11) is 0. The maximum absolute atomic E-state index is 4.65. The van der Waals surface area contributed by atoms with Gasteiger partial charge in [-0.2, -0.15) is 0 Å². The summed E-state index contributed by atoms with van der Waals surface area (Å²) in [6.45, 7) is 3.14. The summed E-state index contributed by atoms with van der Waals surface area (Å²) in [6, 6.07) is 0.209. The van der Waals surface area contributed by atoms with Crippen LogP contribution in [0.3, 0.4) is 0 Å². The van der Waals surface area contributed by atoms with E-state index in [1.54, 1.807) is 17.7 Å². The van der Waals surface area contributed by atoms with Crippen molar-refractivity contribution in [1.82, 2.24) is 24.7 Å². The van der Waals surface area contributed by atoms with Crippen LogP contribution in [0, 0.1) is 0 Å². The van der Waals surface area contributed by atoms with Crippen LogP contribution in [-0.4, -0.2) is 25.9 Å². The molecule has 0 amide bonds. The molecule has 0 aromatic carbocycles. The Kier molecular flexibility index (Phi) is 4.03. The summed E-state index contributed by atoms with van der Waals surface area (Å²) in [4.78, 5) is 13.9. The molecule has 104 valence electrons. The first kappa shape index (κ1) is 13.2. The van der Waals surface area contributed by atoms with Gasteiger partial charge in [-0.05, 0) is 13.0 Å². The van der Waals surface area contributed by atoms with E-state index < -0.39 is 0 Å². The van der Waals surface area contributed by atoms with Crippen molar-refractivity contribution in [1.29, 1.82) is 0 Å². The second-order valence-corrected chi connectivity index (χ2v) is 5.58. The SMILES string of the molecule is CCCNC(Cc1cn2ccsc2n1)c1cncnc1. The van der Waals surface area contributed by atoms with Crippen molar-refractivity contribution in [3.63, 3.8) is 0 Å². The molecule has 5 nitrogen and oxygen atoms in total. The van der Waals surface area contributed by atoms with Crippen LogP contribution in [-0.2, 0) is 6.42 Å². The van der Waals surface area contributed by atoms with Crippen LogP contribution < -0.4 is 5.32 Å². The van der Waals surface area contributed by atoms with Crippen molar-refractivity contribution in [2.24, 2.45) is 0 Å². The van der Waals surface area contributed by atoms with Crippen LogP contribution in [0.15, 0.2) is 36.5 Å². The summed E-state index contributed by atoms with van der Waals surface area (Å²) >= 11 is 1.66. The number of nitrogens with zero attached hydrogens (tertiary/aromatic N) is 4. The van der Waals surface area contributed by atoms with Crippen LogP contribution in [0.2, 0.25) is 0 Å². The van der Waals surface area contributed by atoms with Gasteiger partial charge in [0.25, 0.3) is 0 Å². The summed E-state index contributed by atoms with van der Waals surface area (Å²) in [5.74, 6) is 0. The van der Waals surface area contributed by atoms with Gasteiger partial charge in [0, 0.05) is 48.2 Å². The highest BCUT2D eigenvalue weighted by Crippen LogP contribution is 2.19. The molecule has 0 radical (unpaired) electrons. The van der Waals surface area contributed by atoms with E-state index in [0.717, 1.165) is 35.6 Å². The highest BCUT2D eigenvalue weighted by Gasteiger charge is 2.14. The van der Waals surface area contributed by atoms with Gasteiger partial charge in [-0.1, -0.05) is 6.92 Å². The molecule has 0 spiro atoms. The van der Waals surface area contributed by atoms with Crippen molar-refractivity contribution >= 4 is 16.3 Å². The van der Waals surface area contributed by atoms with Gasteiger partial charge < -0.3 is 5.32 Å². The fourth-order valence-electron chi connectivity index (χ4n) is 2.20. The van der Waals surface area contributed by atoms with E-state index in [9.17, 15) is 0 Å². The third-order valence-corrected chi connectivity index (χ3v) is 3.95. The van der Waals surface area contributed by atoms with Crippen molar-refractivity contribution in [3.8, 4) is 0 Å². The zero-order valence-electron chi connectivity index (χ0n) is 11.4. The lowest BCUT2D eigenvalue weighted by Gasteiger charge is -2.17. The van der Waals surface area contributed by atoms with Crippen LogP contribution >= 0.6 is 11.3 Å². The average molecular weight is 287 g/mol. The van der Waals surface area contributed by atoms with E-state index in [1.165, 1.54) is 0 Å². The molecule has 6 heteroatoms. The first-order valence-electron chi connectivity index (χ1n) is 6.76. The summed E-state index contributed by atoms with van der Waals surface area (Å²) in [6.07, 6.45) is 11.4. The molecule has 3 heterocycles. The van der Waals surface area contributed by atoms with Gasteiger partial charge in [-0.25, -0.2) is 15.0 Å². The molecule has 1 unspecified atom stereocenters. The molecule has 0 saturated heterocycles. The monoisotopic (exact) mass is 287 g/mol. The molecule has 3 aromatic heterocycles. The van der Waals surface area contributed by atoms with E-state index in [4.69, 9.17) is 0 Å². The fraction of sp³-hybridized carbons (Fsp3) is 0.357. The standard InChI is InChI=1S/C14H17N5S/c1-2-3-17-13(11-7-15-10-16-8-11)6-12-9-19-4-5-20-14(19)18-12/h4-5,7-10,13,17H,2-3,6H2,1H3. The maximum Gasteiger partial charge on any atom is 0.193 e. The minimum absolute atomic E-state index is 0.209. The Labute approximate surface area is 121 Å². The van der Waals surface area contributed by atoms with Gasteiger partial charge in [0.1, 0.15) is 6.33 Å². The van der Waals surface area contributed by atoms with Crippen molar-refractivity contribution in [3.05, 3.63) is 47.8 Å². The number of nitrogens with one attached hydrogen (secondary N) is 1. The topological polar surface area (TPSA) is 55.1 Å². The van der Waals surface area contributed by atoms with E-state index >= 15 is 0 Å². The number of rotatable bonds is 6. The number of aromatic nitrogens is 4. The lowest BCUT2D eigenvalue weighted by Crippen LogP contribution is -2.24. The molecule has 0 aliphatic carbocycles. The highest BCUT2D eigenvalue weighted by atomic mass is 32.1. The molecule has 1 atom stereocenters. The molecule has 20 heavy (non-hydrogen) atoms. The highest BCUT2D eigenvalue weighted by molar-refractivity contribution is 7.15. The average Bonchev–Trinajstić information content (AvgIpc) is 3.05. The number of thiazole rings is 1. The first-order valence-corrected chi connectivity index (χ1v) is 7.64. The zero-order valence-corrected chi connectivity index (χ0v) is 12.2. The molecular formula is C14H17N5S. The predicted octanol–water partition coefficient (Wildman–Crippen LogP) is 2.47. The second-order valence-electron chi connectivity index (χ2n) is 4.71. The Hall–Kier alpha value is -1.79. The zero-order chi connectivity index (χ0) is 13.8. The number of hydrogen-bond acceptors (Lipinski definition) is 5. The van der Waals surface area contributed by atoms with Crippen molar-refractivity contribution < 1.29 is 0 Å². The lowest BCUT2D eigenvalue weighted by atomic mass is 10.1. The largest absolute Gasteiger partial charge is 0.310 e. The molecule has 3 rings (SSSR count). The molecule has 1 N–H and O–H groups in total. The van der Waals surface area contributed by atoms with E-state index in [-0.39, 0.29) is 6.04 Å². The van der Waals surface area contributed by atoms with Gasteiger partial charge >= 0.3 is 0 Å². The minimum Gasteiger partial charge on any atom is -0.310 e. The molecule has 0 saturated carbocycles. The summed E-state index contributed by atoms with van der Waals surface area (Å²) in [5.41, 5.74) is 2.20. The van der Waals surface area contributed by atoms with Crippen LogP contribution in [0.4, 0.5) is 0 Å². The van der Waals surface area contributed by atoms with Gasteiger partial charge in [0.2, 0.25) is 0 Å². The normalized spacial score (nSPS) is 12.8. The Morgan fingerprint density at radius 3 is 2.95 bits per heavy atom. The quantitative estimate of drug-likeness (QED) is 0.756. The minimum atomic E-state index is 0.209. The second kappa shape index (κ2) is 6.11. The summed E-state index contributed by atoms with van der Waals surface area (Å²) in [5, 5.41) is 5.59. The summed E-state index contributed by atoms with van der Waals surface area (Å²) < 4.78 is 2.07. The fourth-order valence-corrected chi connectivity index (χ4v) is 2.92. The molecule has 0 aliphatic heterocycles. The third-order valence-electron chi connectivity index (χ3n) is 3.18. The van der Waals surface area contributed by atoms with Crippen LogP contribution in [0.5, 0.6) is 0 Å². The van der Waals surface area contributed by atoms with Gasteiger partial charge in [-0.15, -0.1) is 11.3 Å². The molecular weight excluding hydrogens is 270 g/mol. The van der Waals surface area contributed by atoms with E-state index in [2.05, 4.69) is 37.8 Å². The van der Waals surface area contributed by atoms with Crippen LogP contribution in [0.25, 0.3) is 4.96 Å². The first-order chi connectivity index (χ1) is 9.86. The van der Waals surface area contributed by atoms with Crippen molar-refractivity contribution in [2.75, 3.05) is 6.54 Å². The Morgan fingerprint density at radius 1 is 1.35 bits per heavy atom. The van der Waals surface area contributed by atoms with Gasteiger partial charge in [-0.3, -0.25) is 4.40 Å². The lowest BCUT2D eigenvalue weighted by molar-refractivity contribution is 0.522. The number of fused-ring (bicyclic) bond motifs is 1. The Bertz CT molecular complexity index is 632. The molecule has 0 aliphatic rings.